The van der Waals surface area contributed by atoms with Crippen molar-refractivity contribution in [2.24, 2.45) is 0 Å². The quantitative estimate of drug-likeness (QED) is 0.781. The molecule has 1 fully saturated rings. The third-order valence-electron chi connectivity index (χ3n) is 5.44. The van der Waals surface area contributed by atoms with E-state index in [0.29, 0.717) is 12.5 Å². The van der Waals surface area contributed by atoms with Crippen LogP contribution in [0.4, 0.5) is 11.4 Å². The number of carbonyl (C=O) groups is 1. The summed E-state index contributed by atoms with van der Waals surface area (Å²) in [6, 6.07) is 12.2. The molecule has 1 heterocycles. The average molecular weight is 400 g/mol. The number of para-hydroxylation sites is 1. The lowest BCUT2D eigenvalue weighted by atomic mass is 9.98. The maximum Gasteiger partial charge on any atom is 0.238 e. The minimum atomic E-state index is 0.0589. The average Bonchev–Trinajstić information content (AvgIpc) is 2.66. The number of hydrogen-bond donors (Lipinski definition) is 1. The molecule has 4 nitrogen and oxygen atoms in total. The van der Waals surface area contributed by atoms with Gasteiger partial charge in [-0.05, 0) is 48.6 Å². The largest absolute Gasteiger partial charge is 0.369 e. The van der Waals surface area contributed by atoms with Gasteiger partial charge in [-0.1, -0.05) is 49.7 Å². The maximum atomic E-state index is 12.7. The van der Waals surface area contributed by atoms with Crippen LogP contribution in [0.3, 0.4) is 0 Å². The molecule has 5 heteroatoms. The Morgan fingerprint density at radius 2 is 1.79 bits per heavy atom. The Morgan fingerprint density at radius 3 is 2.46 bits per heavy atom. The molecular weight excluding hydrogens is 370 g/mol. The minimum Gasteiger partial charge on any atom is -0.369 e. The normalized spacial score (nSPS) is 15.1. The highest BCUT2D eigenvalue weighted by molar-refractivity contribution is 6.30. The number of hydrogen-bond acceptors (Lipinski definition) is 3. The van der Waals surface area contributed by atoms with Gasteiger partial charge in [0.2, 0.25) is 5.91 Å². The minimum absolute atomic E-state index is 0.0589. The van der Waals surface area contributed by atoms with Gasteiger partial charge in [0.25, 0.3) is 0 Å². The Kier molecular flexibility index (Phi) is 6.63. The molecule has 0 aliphatic carbocycles. The van der Waals surface area contributed by atoms with Gasteiger partial charge in [-0.2, -0.15) is 0 Å². The lowest BCUT2D eigenvalue weighted by Gasteiger charge is -2.36. The van der Waals surface area contributed by atoms with Crippen molar-refractivity contribution < 1.29 is 4.79 Å². The molecule has 0 radical (unpaired) electrons. The summed E-state index contributed by atoms with van der Waals surface area (Å²) in [5.74, 6) is 0.434. The van der Waals surface area contributed by atoms with Crippen LogP contribution < -0.4 is 10.2 Å². The Balaban J connectivity index is 1.58. The lowest BCUT2D eigenvalue weighted by molar-refractivity contribution is -0.117. The summed E-state index contributed by atoms with van der Waals surface area (Å²) < 4.78 is 0. The zero-order valence-corrected chi connectivity index (χ0v) is 18.0. The van der Waals surface area contributed by atoms with Gasteiger partial charge in [0.15, 0.2) is 0 Å². The second-order valence-electron chi connectivity index (χ2n) is 7.94. The van der Waals surface area contributed by atoms with Crippen LogP contribution in [0.1, 0.15) is 36.5 Å². The van der Waals surface area contributed by atoms with Crippen molar-refractivity contribution in [2.45, 2.75) is 33.6 Å². The van der Waals surface area contributed by atoms with Gasteiger partial charge < -0.3 is 10.2 Å². The summed E-state index contributed by atoms with van der Waals surface area (Å²) in [6.45, 7) is 12.4. The summed E-state index contributed by atoms with van der Waals surface area (Å²) in [5.41, 5.74) is 5.69. The Labute approximate surface area is 173 Å². The van der Waals surface area contributed by atoms with Crippen molar-refractivity contribution in [3.05, 3.63) is 58.1 Å². The summed E-state index contributed by atoms with van der Waals surface area (Å²) in [4.78, 5) is 17.3. The first kappa shape index (κ1) is 20.7. The van der Waals surface area contributed by atoms with Gasteiger partial charge in [0.05, 0.1) is 6.54 Å². The number of nitrogens with zero attached hydrogens (tertiary/aromatic N) is 2. The van der Waals surface area contributed by atoms with Crippen LogP contribution in [-0.2, 0) is 4.79 Å². The van der Waals surface area contributed by atoms with Gasteiger partial charge in [-0.25, -0.2) is 0 Å². The van der Waals surface area contributed by atoms with Crippen LogP contribution >= 0.6 is 11.6 Å². The molecule has 1 aliphatic heterocycles. The highest BCUT2D eigenvalue weighted by atomic mass is 35.5. The second kappa shape index (κ2) is 8.97. The monoisotopic (exact) mass is 399 g/mol. The third kappa shape index (κ3) is 4.86. The van der Waals surface area contributed by atoms with Gasteiger partial charge in [-0.3, -0.25) is 9.69 Å². The number of amides is 1. The number of rotatable bonds is 5. The zero-order valence-electron chi connectivity index (χ0n) is 17.3. The molecule has 28 heavy (non-hydrogen) atoms. The molecule has 0 unspecified atom stereocenters. The SMILES string of the molecule is Cc1ccc(Cl)cc1N1CCN(CC(=O)Nc2c(C)cccc2C(C)C)CC1. The van der Waals surface area contributed by atoms with Crippen LogP contribution in [0.2, 0.25) is 5.02 Å². The van der Waals surface area contributed by atoms with Crippen LogP contribution in [0.25, 0.3) is 0 Å². The molecule has 0 saturated carbocycles. The van der Waals surface area contributed by atoms with Crippen LogP contribution in [0, 0.1) is 13.8 Å². The third-order valence-corrected chi connectivity index (χ3v) is 5.68. The number of halogens is 1. The first-order chi connectivity index (χ1) is 13.3. The lowest BCUT2D eigenvalue weighted by Crippen LogP contribution is -2.48. The predicted octanol–water partition coefficient (Wildman–Crippen LogP) is 4.84. The van der Waals surface area contributed by atoms with E-state index in [1.165, 1.54) is 16.8 Å². The fourth-order valence-electron chi connectivity index (χ4n) is 3.79. The van der Waals surface area contributed by atoms with Gasteiger partial charge in [-0.15, -0.1) is 0 Å². The van der Waals surface area contributed by atoms with E-state index >= 15 is 0 Å². The molecule has 0 aromatic heterocycles. The molecule has 0 bridgehead atoms. The van der Waals surface area contributed by atoms with Crippen molar-refractivity contribution in [1.82, 2.24) is 4.90 Å². The Hall–Kier alpha value is -2.04. The smallest absolute Gasteiger partial charge is 0.238 e. The van der Waals surface area contributed by atoms with E-state index in [0.717, 1.165) is 42.5 Å². The maximum absolute atomic E-state index is 12.7. The zero-order chi connectivity index (χ0) is 20.3. The number of anilines is 2. The van der Waals surface area contributed by atoms with E-state index < -0.39 is 0 Å². The first-order valence-corrected chi connectivity index (χ1v) is 10.4. The van der Waals surface area contributed by atoms with E-state index in [1.54, 1.807) is 0 Å². The first-order valence-electron chi connectivity index (χ1n) is 9.98. The summed E-state index contributed by atoms with van der Waals surface area (Å²) >= 11 is 6.17. The fraction of sp³-hybridized carbons (Fsp3) is 0.435. The van der Waals surface area contributed by atoms with Crippen LogP contribution in [0.15, 0.2) is 36.4 Å². The highest BCUT2D eigenvalue weighted by Crippen LogP contribution is 2.28. The molecule has 1 saturated heterocycles. The number of carbonyl (C=O) groups excluding carboxylic acids is 1. The molecule has 1 amide bonds. The Bertz CT molecular complexity index is 842. The second-order valence-corrected chi connectivity index (χ2v) is 8.37. The molecule has 2 aromatic rings. The van der Waals surface area contributed by atoms with Gasteiger partial charge >= 0.3 is 0 Å². The van der Waals surface area contributed by atoms with Crippen LogP contribution in [0.5, 0.6) is 0 Å². The number of benzene rings is 2. The van der Waals surface area contributed by atoms with Crippen molar-refractivity contribution >= 4 is 28.9 Å². The predicted molar refractivity (Wildman–Crippen MR) is 119 cm³/mol. The Morgan fingerprint density at radius 1 is 1.07 bits per heavy atom. The number of piperazine rings is 1. The molecule has 1 N–H and O–H groups in total. The van der Waals surface area contributed by atoms with Gasteiger partial charge in [0.1, 0.15) is 0 Å². The molecule has 0 atom stereocenters. The standard InChI is InChI=1S/C23H30ClN3O/c1-16(2)20-7-5-6-18(4)23(20)25-22(28)15-26-10-12-27(13-11-26)21-14-19(24)9-8-17(21)3/h5-9,14,16H,10-13,15H2,1-4H3,(H,25,28). The number of aryl methyl sites for hydroxylation is 2. The number of nitrogens with one attached hydrogen (secondary N) is 1. The summed E-state index contributed by atoms with van der Waals surface area (Å²) in [7, 11) is 0. The van der Waals surface area contributed by atoms with E-state index in [4.69, 9.17) is 11.6 Å². The van der Waals surface area contributed by atoms with E-state index in [-0.39, 0.29) is 5.91 Å². The molecule has 150 valence electrons. The molecule has 1 aliphatic rings. The topological polar surface area (TPSA) is 35.6 Å². The fourth-order valence-corrected chi connectivity index (χ4v) is 3.96. The van der Waals surface area contributed by atoms with Gasteiger partial charge in [0, 0.05) is 42.6 Å². The molecule has 2 aromatic carbocycles. The summed E-state index contributed by atoms with van der Waals surface area (Å²) in [5, 5.41) is 3.92. The van der Waals surface area contributed by atoms with Crippen molar-refractivity contribution in [1.29, 1.82) is 0 Å². The van der Waals surface area contributed by atoms with E-state index in [1.807, 2.05) is 25.1 Å². The highest BCUT2D eigenvalue weighted by Gasteiger charge is 2.21. The molecule has 0 spiro atoms. The van der Waals surface area contributed by atoms with Crippen molar-refractivity contribution in [3.63, 3.8) is 0 Å². The van der Waals surface area contributed by atoms with Crippen molar-refractivity contribution in [2.75, 3.05) is 42.9 Å². The molecular formula is C23H30ClN3O. The summed E-state index contributed by atoms with van der Waals surface area (Å²) in [6.07, 6.45) is 0. The van der Waals surface area contributed by atoms with E-state index in [2.05, 4.69) is 54.1 Å². The van der Waals surface area contributed by atoms with Crippen molar-refractivity contribution in [3.8, 4) is 0 Å². The van der Waals surface area contributed by atoms with E-state index in [9.17, 15) is 4.79 Å². The molecule has 3 rings (SSSR count). The van der Waals surface area contributed by atoms with Crippen LogP contribution in [-0.4, -0.2) is 43.5 Å².